The van der Waals surface area contributed by atoms with Gasteiger partial charge in [0, 0.05) is 110 Å². The zero-order valence-corrected chi connectivity index (χ0v) is 72.3. The number of aliphatic imine (C=N–C) groups is 4. The minimum Gasteiger partial charge on any atom is -0.378 e. The predicted octanol–water partition coefficient (Wildman–Crippen LogP) is 25.2. The molecular formula is C84H90Cl4N14S8. The van der Waals surface area contributed by atoms with E-state index in [4.69, 9.17) is 102 Å². The number of aromatic nitrogens is 4. The summed E-state index contributed by atoms with van der Waals surface area (Å²) in [6.07, 6.45) is 42.9. The number of pyridine rings is 4. The third-order valence-electron chi connectivity index (χ3n) is 22.0. The standard InChI is InChI=1S/2C22H24ClN3S2.2C20H21ClN4S2/c2*1-3-7-15-10-16(13-25-12-15)18-11-17(23)19(27-18)21(2)14-22(28-20(24)26-21)8-5-4-6-9-22;2*1-19(12-20(27-18(22)25-19)6-4-3-5-7-20)17-15(21)9-16(26-17)13-8-14(23-2)11-24-10-13/h2*10-13H,4-6,8-9,14H2,1-2H3,(H2,24,26);2*8-11H,3-7,12H2,1H3,(H2,22,25)/t21-;;19-;/m0.0./s1. The first-order valence-electron chi connectivity index (χ1n) is 37.5. The van der Waals surface area contributed by atoms with Gasteiger partial charge >= 0.3 is 0 Å². The topological polar surface area (TPSA) is 214 Å². The number of nitrogens with zero attached hydrogens (tertiary/aromatic N) is 10. The Morgan fingerprint density at radius 2 is 0.582 bits per heavy atom. The summed E-state index contributed by atoms with van der Waals surface area (Å²) in [5, 5.41) is 5.72. The highest BCUT2D eigenvalue weighted by Gasteiger charge is 2.51. The number of amidine groups is 4. The molecule has 0 aromatic carbocycles. The molecule has 4 saturated carbocycles. The van der Waals surface area contributed by atoms with E-state index in [9.17, 15) is 0 Å². The van der Waals surface area contributed by atoms with Crippen LogP contribution in [-0.2, 0) is 22.2 Å². The van der Waals surface area contributed by atoms with Crippen molar-refractivity contribution in [1.29, 1.82) is 0 Å². The molecular weight excluding hydrogens is 1600 g/mol. The molecule has 4 fully saturated rings. The Bertz CT molecular complexity index is 4780. The Morgan fingerprint density at radius 1 is 0.345 bits per heavy atom. The second-order valence-corrected chi connectivity index (χ2v) is 42.7. The molecule has 8 aromatic heterocycles. The van der Waals surface area contributed by atoms with Crippen molar-refractivity contribution in [3.8, 4) is 65.4 Å². The molecule has 0 amide bonds. The molecule has 4 aliphatic heterocycles. The lowest BCUT2D eigenvalue weighted by Gasteiger charge is -2.45. The molecule has 0 saturated heterocycles. The lowest BCUT2D eigenvalue weighted by Crippen LogP contribution is -2.42. The first kappa shape index (κ1) is 81.9. The summed E-state index contributed by atoms with van der Waals surface area (Å²) in [6.45, 7) is 26.8. The van der Waals surface area contributed by atoms with Crippen molar-refractivity contribution < 1.29 is 0 Å². The highest BCUT2D eigenvalue weighted by atomic mass is 35.5. The van der Waals surface area contributed by atoms with E-state index in [1.165, 1.54) is 128 Å². The van der Waals surface area contributed by atoms with Crippen LogP contribution in [-0.4, -0.2) is 59.6 Å². The predicted molar refractivity (Wildman–Crippen MR) is 476 cm³/mol. The van der Waals surface area contributed by atoms with Crippen LogP contribution in [0.5, 0.6) is 0 Å². The summed E-state index contributed by atoms with van der Waals surface area (Å²) in [7, 11) is 0. The smallest absolute Gasteiger partial charge is 0.205 e. The van der Waals surface area contributed by atoms with Crippen molar-refractivity contribution >= 4 is 171 Å². The number of halogens is 4. The molecule has 0 bridgehead atoms. The zero-order chi connectivity index (χ0) is 77.7. The summed E-state index contributed by atoms with van der Waals surface area (Å²) in [4.78, 5) is 52.0. The minimum absolute atomic E-state index is 0.178. The maximum Gasteiger partial charge on any atom is 0.205 e. The number of thioether (sulfide) groups is 4. The van der Waals surface area contributed by atoms with E-state index in [-0.39, 0.29) is 30.1 Å². The van der Waals surface area contributed by atoms with Crippen LogP contribution < -0.4 is 22.9 Å². The van der Waals surface area contributed by atoms with Gasteiger partial charge in [0.25, 0.3) is 0 Å². The van der Waals surface area contributed by atoms with Gasteiger partial charge in [-0.05, 0) is 178 Å². The normalized spacial score (nSPS) is 24.1. The van der Waals surface area contributed by atoms with Crippen LogP contribution >= 0.6 is 139 Å². The average molecular weight is 1690 g/mol. The van der Waals surface area contributed by atoms with Gasteiger partial charge in [0.05, 0.1) is 74.9 Å². The SMILES string of the molecule is CC#Cc1cncc(-c2cc(Cl)c(C3(C)CC4(CCCCC4)SC(N)=N3)s2)c1.CC#Cc1cncc(-c2cc(Cl)c([C@]3(C)CC4(CCCCC4)SC(N)=N3)s2)c1.[C-]#[N+]c1cncc(-c2cc(Cl)c(C3(C)CC4(CCCCC4)SC(N)=N3)s2)c1.[C-]#[N+]c1cncc(-c2cc(Cl)c([C@]3(C)CC4(CCCCC4)SC(N)=N3)s2)c1. The van der Waals surface area contributed by atoms with Gasteiger partial charge < -0.3 is 22.9 Å². The van der Waals surface area contributed by atoms with Crippen molar-refractivity contribution in [2.75, 3.05) is 0 Å². The maximum absolute atomic E-state index is 7.20. The highest BCUT2D eigenvalue weighted by Crippen LogP contribution is 2.60. The second-order valence-electron chi connectivity index (χ2n) is 30.9. The Morgan fingerprint density at radius 3 is 0.818 bits per heavy atom. The molecule has 4 spiro atoms. The van der Waals surface area contributed by atoms with Crippen LogP contribution in [0.4, 0.5) is 11.4 Å². The van der Waals surface area contributed by atoms with Crippen LogP contribution in [0.15, 0.2) is 118 Å². The van der Waals surface area contributed by atoms with Gasteiger partial charge in [-0.2, -0.15) is 0 Å². The fourth-order valence-corrected chi connectivity index (χ4v) is 30.1. The average Bonchev–Trinajstić information content (AvgIpc) is 1.46. The van der Waals surface area contributed by atoms with Gasteiger partial charge in [-0.3, -0.25) is 39.9 Å². The van der Waals surface area contributed by atoms with Crippen LogP contribution in [0.3, 0.4) is 0 Å². The monoisotopic (exact) mass is 1690 g/mol. The molecule has 0 radical (unpaired) electrons. The number of hydrogen-bond acceptors (Lipinski definition) is 20. The minimum atomic E-state index is -0.405. The van der Waals surface area contributed by atoms with Crippen molar-refractivity contribution in [1.82, 2.24) is 19.9 Å². The van der Waals surface area contributed by atoms with E-state index >= 15 is 0 Å². The Labute approximate surface area is 701 Å². The van der Waals surface area contributed by atoms with Crippen LogP contribution in [0.25, 0.3) is 51.5 Å². The lowest BCUT2D eigenvalue weighted by molar-refractivity contribution is 0.306. The largest absolute Gasteiger partial charge is 0.378 e. The summed E-state index contributed by atoms with van der Waals surface area (Å²) >= 11 is 40.6. The Kier molecular flexibility index (Phi) is 25.7. The molecule has 8 N–H and O–H groups in total. The molecule has 8 aromatic rings. The fourth-order valence-electron chi connectivity index (χ4n) is 17.5. The van der Waals surface area contributed by atoms with E-state index < -0.39 is 11.1 Å². The lowest BCUT2D eigenvalue weighted by atomic mass is 9.78. The number of hydrogen-bond donors (Lipinski definition) is 4. The van der Waals surface area contributed by atoms with Gasteiger partial charge in [-0.15, -0.1) is 57.2 Å². The molecule has 110 heavy (non-hydrogen) atoms. The van der Waals surface area contributed by atoms with Gasteiger partial charge in [-0.25, -0.2) is 9.69 Å². The highest BCUT2D eigenvalue weighted by molar-refractivity contribution is 8.15. The number of rotatable bonds is 8. The maximum atomic E-state index is 7.20. The van der Waals surface area contributed by atoms with E-state index in [0.29, 0.717) is 32.0 Å². The van der Waals surface area contributed by atoms with Gasteiger partial charge in [0.15, 0.2) is 20.7 Å². The summed E-state index contributed by atoms with van der Waals surface area (Å²) < 4.78 is 0.755. The summed E-state index contributed by atoms with van der Waals surface area (Å²) in [5.41, 5.74) is 30.5. The van der Waals surface area contributed by atoms with Crippen molar-refractivity contribution in [2.24, 2.45) is 42.9 Å². The van der Waals surface area contributed by atoms with E-state index in [1.807, 2.05) is 62.6 Å². The van der Waals surface area contributed by atoms with Crippen molar-refractivity contribution in [2.45, 2.75) is 237 Å². The Hall–Kier alpha value is -6.06. The van der Waals surface area contributed by atoms with Crippen molar-refractivity contribution in [3.63, 3.8) is 0 Å². The quantitative estimate of drug-likeness (QED) is 0.0826. The zero-order valence-electron chi connectivity index (χ0n) is 62.8. The van der Waals surface area contributed by atoms with Gasteiger partial charge in [-0.1, -0.05) is 182 Å². The van der Waals surface area contributed by atoms with Crippen molar-refractivity contribution in [3.05, 3.63) is 172 Å². The number of nitrogens with two attached hydrogens (primary N) is 4. The first-order valence-corrected chi connectivity index (χ1v) is 45.6. The number of thiophene rings is 4. The Balaban J connectivity index is 0.000000129. The van der Waals surface area contributed by atoms with E-state index in [0.717, 1.165) is 118 Å². The first-order chi connectivity index (χ1) is 52.7. The molecule has 26 heteroatoms. The van der Waals surface area contributed by atoms with Gasteiger partial charge in [0.1, 0.15) is 0 Å². The van der Waals surface area contributed by atoms with Crippen LogP contribution in [0.2, 0.25) is 20.1 Å². The van der Waals surface area contributed by atoms with Crippen LogP contribution in [0.1, 0.15) is 226 Å². The van der Waals surface area contributed by atoms with Crippen LogP contribution in [0, 0.1) is 36.8 Å². The molecule has 12 heterocycles. The summed E-state index contributed by atoms with van der Waals surface area (Å²) in [5.74, 6) is 12.0. The molecule has 8 aliphatic rings. The second kappa shape index (κ2) is 34.6. The molecule has 14 nitrogen and oxygen atoms in total. The third kappa shape index (κ3) is 18.7. The van der Waals surface area contributed by atoms with E-state index in [1.54, 1.807) is 130 Å². The molecule has 572 valence electrons. The molecule has 2 unspecified atom stereocenters. The molecule has 4 aliphatic carbocycles. The fraction of sp³-hybridized carbons (Fsp3) is 0.452. The molecule has 4 atom stereocenters. The van der Waals surface area contributed by atoms with E-state index in [2.05, 4.69) is 93.1 Å². The summed E-state index contributed by atoms with van der Waals surface area (Å²) in [6, 6.07) is 15.8. The van der Waals surface area contributed by atoms with Gasteiger partial charge in [0.2, 0.25) is 11.4 Å². The third-order valence-corrected chi connectivity index (χ3v) is 34.5. The molecule has 16 rings (SSSR count).